The minimum absolute atomic E-state index is 0.128. The van der Waals surface area contributed by atoms with Crippen LogP contribution in [0.15, 0.2) is 46.6 Å². The van der Waals surface area contributed by atoms with Crippen LogP contribution in [0, 0.1) is 13.8 Å². The first kappa shape index (κ1) is 27.9. The molecule has 0 saturated carbocycles. The third-order valence-corrected chi connectivity index (χ3v) is 6.60. The van der Waals surface area contributed by atoms with Crippen LogP contribution in [0.3, 0.4) is 0 Å². The van der Waals surface area contributed by atoms with E-state index >= 15 is 0 Å². The van der Waals surface area contributed by atoms with Gasteiger partial charge in [0.15, 0.2) is 16.7 Å². The molecule has 0 spiro atoms. The summed E-state index contributed by atoms with van der Waals surface area (Å²) in [6, 6.07) is 8.66. The van der Waals surface area contributed by atoms with Gasteiger partial charge in [0.05, 0.1) is 39.3 Å². The van der Waals surface area contributed by atoms with E-state index < -0.39 is 12.0 Å². The number of amides is 1. The highest BCUT2D eigenvalue weighted by molar-refractivity contribution is 8.14. The number of ether oxygens (including phenoxy) is 4. The van der Waals surface area contributed by atoms with Crippen LogP contribution in [0.4, 0.5) is 5.69 Å². The third-order valence-electron chi connectivity index (χ3n) is 5.71. The van der Waals surface area contributed by atoms with E-state index in [-0.39, 0.29) is 18.3 Å². The van der Waals surface area contributed by atoms with E-state index in [9.17, 15) is 9.59 Å². The highest BCUT2D eigenvalue weighted by atomic mass is 32.2. The number of hydrogen-bond acceptors (Lipinski definition) is 9. The maximum Gasteiger partial charge on any atom is 0.338 e. The summed E-state index contributed by atoms with van der Waals surface area (Å²) >= 11 is 1.24. The lowest BCUT2D eigenvalue weighted by Crippen LogP contribution is -2.31. The highest BCUT2D eigenvalue weighted by Crippen LogP contribution is 2.43. The van der Waals surface area contributed by atoms with Crippen molar-refractivity contribution in [1.29, 1.82) is 0 Å². The number of hydrogen-bond donors (Lipinski definition) is 2. The fourth-order valence-corrected chi connectivity index (χ4v) is 4.71. The normalized spacial score (nSPS) is 14.9. The molecule has 0 aromatic heterocycles. The van der Waals surface area contributed by atoms with Crippen LogP contribution in [0.1, 0.15) is 36.6 Å². The Kier molecular flexibility index (Phi) is 9.46. The maximum absolute atomic E-state index is 12.9. The summed E-state index contributed by atoms with van der Waals surface area (Å²) in [5, 5.41) is 6.59. The molecule has 0 unspecified atom stereocenters. The maximum atomic E-state index is 12.9. The third kappa shape index (κ3) is 6.56. The number of benzene rings is 2. The van der Waals surface area contributed by atoms with E-state index in [1.54, 1.807) is 26.0 Å². The number of aryl methyl sites for hydroxylation is 2. The minimum Gasteiger partial charge on any atom is -0.493 e. The summed E-state index contributed by atoms with van der Waals surface area (Å²) < 4.78 is 21.8. The van der Waals surface area contributed by atoms with Gasteiger partial charge in [0.2, 0.25) is 11.7 Å². The van der Waals surface area contributed by atoms with Gasteiger partial charge in [0, 0.05) is 11.4 Å². The van der Waals surface area contributed by atoms with Crippen molar-refractivity contribution in [3.63, 3.8) is 0 Å². The van der Waals surface area contributed by atoms with Gasteiger partial charge >= 0.3 is 5.97 Å². The molecule has 37 heavy (non-hydrogen) atoms. The van der Waals surface area contributed by atoms with Crippen molar-refractivity contribution in [2.24, 2.45) is 4.99 Å². The molecular weight excluding hydrogens is 494 g/mol. The number of aliphatic imine (C=N–C) groups is 1. The van der Waals surface area contributed by atoms with Gasteiger partial charge in [-0.2, -0.15) is 0 Å². The monoisotopic (exact) mass is 527 g/mol. The average Bonchev–Trinajstić information content (AvgIpc) is 2.87. The number of rotatable bonds is 9. The number of anilines is 1. The van der Waals surface area contributed by atoms with Gasteiger partial charge in [-0.05, 0) is 57.0 Å². The molecule has 0 aliphatic carbocycles. The van der Waals surface area contributed by atoms with Gasteiger partial charge in [0.25, 0.3) is 0 Å². The fourth-order valence-electron chi connectivity index (χ4n) is 3.97. The zero-order chi connectivity index (χ0) is 27.1. The average molecular weight is 528 g/mol. The number of allylic oxidation sites excluding steroid dienone is 1. The number of thioether (sulfide) groups is 1. The second-order valence-corrected chi connectivity index (χ2v) is 9.30. The molecule has 2 aromatic rings. The molecule has 9 nitrogen and oxygen atoms in total. The summed E-state index contributed by atoms with van der Waals surface area (Å²) in [4.78, 5) is 30.4. The Morgan fingerprint density at radius 3 is 2.27 bits per heavy atom. The minimum atomic E-state index is -0.709. The predicted octanol–water partition coefficient (Wildman–Crippen LogP) is 4.54. The van der Waals surface area contributed by atoms with E-state index in [4.69, 9.17) is 23.9 Å². The number of nitrogens with zero attached hydrogens (tertiary/aromatic N) is 1. The van der Waals surface area contributed by atoms with Crippen molar-refractivity contribution in [3.05, 3.63) is 58.3 Å². The largest absolute Gasteiger partial charge is 0.493 e. The molecule has 3 rings (SSSR count). The van der Waals surface area contributed by atoms with Crippen LogP contribution in [-0.4, -0.2) is 50.7 Å². The van der Waals surface area contributed by atoms with Gasteiger partial charge in [-0.1, -0.05) is 29.5 Å². The predicted molar refractivity (Wildman–Crippen MR) is 146 cm³/mol. The molecule has 198 valence electrons. The highest BCUT2D eigenvalue weighted by Gasteiger charge is 2.32. The van der Waals surface area contributed by atoms with E-state index in [2.05, 4.69) is 10.6 Å². The molecule has 0 bridgehead atoms. The van der Waals surface area contributed by atoms with Crippen LogP contribution < -0.4 is 24.8 Å². The lowest BCUT2D eigenvalue weighted by Gasteiger charge is -2.26. The molecule has 1 amide bonds. The zero-order valence-electron chi connectivity index (χ0n) is 22.2. The molecule has 1 aliphatic rings. The Bertz CT molecular complexity index is 1220. The standard InChI is InChI=1S/C27H33N3O6S/c1-8-36-26(32)23-17(4)28-27(37-14-22(31)29-19-10-9-15(2)11-16(19)3)30-24(23)18-12-20(33-5)25(35-7)21(13-18)34-6/h9-13,24H,8,14H2,1-7H3,(H,28,30)(H,29,31)/t24-/m0/s1. The molecule has 0 radical (unpaired) electrons. The summed E-state index contributed by atoms with van der Waals surface area (Å²) in [6.07, 6.45) is 0. The number of esters is 1. The van der Waals surface area contributed by atoms with Crippen LogP contribution >= 0.6 is 11.8 Å². The van der Waals surface area contributed by atoms with Crippen molar-refractivity contribution in [2.75, 3.05) is 39.0 Å². The summed E-state index contributed by atoms with van der Waals surface area (Å²) in [5.41, 5.74) is 4.49. The summed E-state index contributed by atoms with van der Waals surface area (Å²) in [5.74, 6) is 0.795. The van der Waals surface area contributed by atoms with Crippen LogP contribution in [-0.2, 0) is 14.3 Å². The smallest absolute Gasteiger partial charge is 0.338 e. The molecule has 0 fully saturated rings. The van der Waals surface area contributed by atoms with E-state index in [0.29, 0.717) is 39.2 Å². The summed E-state index contributed by atoms with van der Waals surface area (Å²) in [6.45, 7) is 7.71. The van der Waals surface area contributed by atoms with Crippen molar-refractivity contribution >= 4 is 34.5 Å². The van der Waals surface area contributed by atoms with Crippen molar-refractivity contribution in [3.8, 4) is 17.2 Å². The summed E-state index contributed by atoms with van der Waals surface area (Å²) in [7, 11) is 4.57. The molecule has 0 saturated heterocycles. The van der Waals surface area contributed by atoms with Crippen molar-refractivity contribution in [2.45, 2.75) is 33.7 Å². The van der Waals surface area contributed by atoms with Gasteiger partial charge < -0.3 is 29.6 Å². The second kappa shape index (κ2) is 12.5. The van der Waals surface area contributed by atoms with Crippen LogP contribution in [0.25, 0.3) is 0 Å². The quantitative estimate of drug-likeness (QED) is 0.458. The Balaban J connectivity index is 1.90. The van der Waals surface area contributed by atoms with E-state index in [1.807, 2.05) is 32.0 Å². The zero-order valence-corrected chi connectivity index (χ0v) is 23.0. The molecular formula is C27H33N3O6S. The molecule has 1 heterocycles. The first-order valence-electron chi connectivity index (χ1n) is 11.7. The number of nitrogens with one attached hydrogen (secondary N) is 2. The van der Waals surface area contributed by atoms with Gasteiger partial charge in [-0.15, -0.1) is 0 Å². The van der Waals surface area contributed by atoms with Gasteiger partial charge in [-0.3, -0.25) is 4.79 Å². The Morgan fingerprint density at radius 2 is 1.70 bits per heavy atom. The number of carbonyl (C=O) groups is 2. The molecule has 1 aliphatic heterocycles. The number of carbonyl (C=O) groups excluding carboxylic acids is 2. The van der Waals surface area contributed by atoms with Crippen molar-refractivity contribution in [1.82, 2.24) is 5.32 Å². The lowest BCUT2D eigenvalue weighted by molar-refractivity contribution is -0.139. The Labute approximate surface area is 221 Å². The van der Waals surface area contributed by atoms with Crippen molar-refractivity contribution < 1.29 is 28.5 Å². The van der Waals surface area contributed by atoms with Gasteiger partial charge in [0.1, 0.15) is 6.04 Å². The molecule has 2 N–H and O–H groups in total. The molecule has 10 heteroatoms. The van der Waals surface area contributed by atoms with E-state index in [0.717, 1.165) is 16.8 Å². The Hall–Kier alpha value is -3.66. The van der Waals surface area contributed by atoms with E-state index in [1.165, 1.54) is 33.1 Å². The molecule has 1 atom stereocenters. The molecule has 2 aromatic carbocycles. The second-order valence-electron chi connectivity index (χ2n) is 8.33. The Morgan fingerprint density at radius 1 is 1.03 bits per heavy atom. The van der Waals surface area contributed by atoms with Gasteiger partial charge in [-0.25, -0.2) is 9.79 Å². The van der Waals surface area contributed by atoms with Crippen LogP contribution in [0.2, 0.25) is 0 Å². The lowest BCUT2D eigenvalue weighted by atomic mass is 9.96. The first-order chi connectivity index (χ1) is 17.7. The van der Waals surface area contributed by atoms with Crippen LogP contribution in [0.5, 0.6) is 17.2 Å². The first-order valence-corrected chi connectivity index (χ1v) is 12.7. The SMILES string of the molecule is CCOC(=O)C1=C(C)NC(SCC(=O)Nc2ccc(C)cc2C)=N[C@H]1c1cc(OC)c(OC)c(OC)c1. The number of amidine groups is 1. The number of methoxy groups -OCH3 is 3. The topological polar surface area (TPSA) is 107 Å². The fraction of sp³-hybridized carbons (Fsp3) is 0.370.